The molecular formula is C16H25N3OS. The number of amidine groups is 1. The third kappa shape index (κ3) is 3.64. The molecule has 4 nitrogen and oxygen atoms in total. The minimum atomic E-state index is 0.208. The van der Waals surface area contributed by atoms with Gasteiger partial charge in [0.25, 0.3) is 0 Å². The van der Waals surface area contributed by atoms with Gasteiger partial charge in [-0.2, -0.15) is 0 Å². The molecule has 1 aliphatic heterocycles. The molecular weight excluding hydrogens is 282 g/mol. The SMILES string of the molecule is CCSc1cccc(N2CCC(CC)CC2)c1/C(N)=N/O. The maximum Gasteiger partial charge on any atom is 0.173 e. The molecule has 2 rings (SSSR count). The molecule has 0 amide bonds. The molecule has 5 heteroatoms. The number of rotatable bonds is 5. The van der Waals surface area contributed by atoms with Crippen molar-refractivity contribution in [1.82, 2.24) is 0 Å². The highest BCUT2D eigenvalue weighted by Crippen LogP contribution is 2.33. The van der Waals surface area contributed by atoms with Crippen LogP contribution in [-0.4, -0.2) is 29.9 Å². The minimum Gasteiger partial charge on any atom is -0.409 e. The number of anilines is 1. The quantitative estimate of drug-likeness (QED) is 0.287. The summed E-state index contributed by atoms with van der Waals surface area (Å²) in [5, 5.41) is 12.4. The summed E-state index contributed by atoms with van der Waals surface area (Å²) in [5.74, 6) is 2.01. The zero-order valence-electron chi connectivity index (χ0n) is 12.9. The second kappa shape index (κ2) is 7.59. The first-order valence-corrected chi connectivity index (χ1v) is 8.68. The van der Waals surface area contributed by atoms with Crippen molar-refractivity contribution >= 4 is 23.3 Å². The summed E-state index contributed by atoms with van der Waals surface area (Å²) in [6.45, 7) is 6.47. The highest BCUT2D eigenvalue weighted by molar-refractivity contribution is 7.99. The van der Waals surface area contributed by atoms with E-state index in [4.69, 9.17) is 10.9 Å². The molecule has 1 aromatic carbocycles. The lowest BCUT2D eigenvalue weighted by molar-refractivity contribution is 0.318. The maximum absolute atomic E-state index is 9.12. The number of nitrogens with zero attached hydrogens (tertiary/aromatic N) is 2. The Balaban J connectivity index is 2.32. The van der Waals surface area contributed by atoms with Crippen LogP contribution in [0, 0.1) is 5.92 Å². The van der Waals surface area contributed by atoms with Crippen LogP contribution in [0.25, 0.3) is 0 Å². The van der Waals surface area contributed by atoms with E-state index in [1.165, 1.54) is 19.3 Å². The molecule has 1 aliphatic rings. The Morgan fingerprint density at radius 3 is 2.67 bits per heavy atom. The first kappa shape index (κ1) is 16.0. The topological polar surface area (TPSA) is 61.8 Å². The molecule has 1 saturated heterocycles. The largest absolute Gasteiger partial charge is 0.409 e. The van der Waals surface area contributed by atoms with Gasteiger partial charge in [-0.15, -0.1) is 11.8 Å². The zero-order chi connectivity index (χ0) is 15.2. The van der Waals surface area contributed by atoms with Crippen LogP contribution < -0.4 is 10.6 Å². The van der Waals surface area contributed by atoms with Crippen molar-refractivity contribution in [1.29, 1.82) is 0 Å². The summed E-state index contributed by atoms with van der Waals surface area (Å²) in [4.78, 5) is 3.46. The lowest BCUT2D eigenvalue weighted by Crippen LogP contribution is -2.35. The predicted octanol–water partition coefficient (Wildman–Crippen LogP) is 3.52. The predicted molar refractivity (Wildman–Crippen MR) is 90.6 cm³/mol. The van der Waals surface area contributed by atoms with E-state index in [1.807, 2.05) is 6.07 Å². The van der Waals surface area contributed by atoms with Crippen LogP contribution in [0.2, 0.25) is 0 Å². The number of benzene rings is 1. The molecule has 116 valence electrons. The van der Waals surface area contributed by atoms with E-state index in [-0.39, 0.29) is 5.84 Å². The fraction of sp³-hybridized carbons (Fsp3) is 0.562. The molecule has 21 heavy (non-hydrogen) atoms. The van der Waals surface area contributed by atoms with Gasteiger partial charge in [0.1, 0.15) is 0 Å². The van der Waals surface area contributed by atoms with E-state index in [0.29, 0.717) is 0 Å². The van der Waals surface area contributed by atoms with Gasteiger partial charge in [-0.1, -0.05) is 31.5 Å². The van der Waals surface area contributed by atoms with Gasteiger partial charge in [0.05, 0.1) is 5.56 Å². The summed E-state index contributed by atoms with van der Waals surface area (Å²) in [5.41, 5.74) is 7.92. The number of oxime groups is 1. The average molecular weight is 307 g/mol. The summed E-state index contributed by atoms with van der Waals surface area (Å²) >= 11 is 1.73. The fourth-order valence-corrected chi connectivity index (χ4v) is 3.79. The van der Waals surface area contributed by atoms with Crippen molar-refractivity contribution in [2.24, 2.45) is 16.8 Å². The van der Waals surface area contributed by atoms with Crippen LogP contribution in [-0.2, 0) is 0 Å². The molecule has 1 heterocycles. The van der Waals surface area contributed by atoms with Gasteiger partial charge >= 0.3 is 0 Å². The monoisotopic (exact) mass is 307 g/mol. The van der Waals surface area contributed by atoms with Gasteiger partial charge in [-0.3, -0.25) is 0 Å². The third-order valence-corrected chi connectivity index (χ3v) is 5.14. The molecule has 0 atom stereocenters. The minimum absolute atomic E-state index is 0.208. The van der Waals surface area contributed by atoms with E-state index in [0.717, 1.165) is 40.9 Å². The molecule has 0 aromatic heterocycles. The standard InChI is InChI=1S/C16H25N3OS/c1-3-12-8-10-19(11-9-12)13-6-5-7-14(21-4-2)15(13)16(17)18-20/h5-7,12,20H,3-4,8-11H2,1-2H3,(H2,17,18). The van der Waals surface area contributed by atoms with Gasteiger partial charge in [0.2, 0.25) is 0 Å². The number of hydrogen-bond acceptors (Lipinski definition) is 4. The smallest absolute Gasteiger partial charge is 0.173 e. The zero-order valence-corrected chi connectivity index (χ0v) is 13.7. The summed E-state index contributed by atoms with van der Waals surface area (Å²) in [6, 6.07) is 6.19. The van der Waals surface area contributed by atoms with Crippen molar-refractivity contribution in [3.8, 4) is 0 Å². The second-order valence-electron chi connectivity index (χ2n) is 5.41. The Morgan fingerprint density at radius 2 is 2.10 bits per heavy atom. The number of thioether (sulfide) groups is 1. The molecule has 1 fully saturated rings. The summed E-state index contributed by atoms with van der Waals surface area (Å²) < 4.78 is 0. The van der Waals surface area contributed by atoms with Crippen LogP contribution in [0.3, 0.4) is 0 Å². The van der Waals surface area contributed by atoms with Crippen LogP contribution in [0.4, 0.5) is 5.69 Å². The Labute approximate surface area is 131 Å². The van der Waals surface area contributed by atoms with Crippen LogP contribution in [0.15, 0.2) is 28.3 Å². The van der Waals surface area contributed by atoms with E-state index in [2.05, 4.69) is 36.0 Å². The van der Waals surface area contributed by atoms with E-state index in [1.54, 1.807) is 11.8 Å². The summed E-state index contributed by atoms with van der Waals surface area (Å²) in [7, 11) is 0. The normalized spacial score (nSPS) is 17.2. The first-order chi connectivity index (χ1) is 10.2. The van der Waals surface area contributed by atoms with Crippen molar-refractivity contribution in [3.63, 3.8) is 0 Å². The average Bonchev–Trinajstić information content (AvgIpc) is 2.54. The van der Waals surface area contributed by atoms with Crippen LogP contribution >= 0.6 is 11.8 Å². The first-order valence-electron chi connectivity index (χ1n) is 7.69. The fourth-order valence-electron chi connectivity index (χ4n) is 2.95. The van der Waals surface area contributed by atoms with Crippen molar-refractivity contribution in [2.75, 3.05) is 23.7 Å². The van der Waals surface area contributed by atoms with Crippen molar-refractivity contribution in [3.05, 3.63) is 23.8 Å². The number of nitrogens with two attached hydrogens (primary N) is 1. The van der Waals surface area contributed by atoms with Crippen molar-refractivity contribution in [2.45, 2.75) is 38.0 Å². The Hall–Kier alpha value is -1.36. The molecule has 3 N–H and O–H groups in total. The molecule has 0 aliphatic carbocycles. The van der Waals surface area contributed by atoms with E-state index in [9.17, 15) is 0 Å². The summed E-state index contributed by atoms with van der Waals surface area (Å²) in [6.07, 6.45) is 3.70. The van der Waals surface area contributed by atoms with Gasteiger partial charge < -0.3 is 15.8 Å². The number of hydrogen-bond donors (Lipinski definition) is 2. The molecule has 0 bridgehead atoms. The Morgan fingerprint density at radius 1 is 1.38 bits per heavy atom. The van der Waals surface area contributed by atoms with Gasteiger partial charge in [-0.05, 0) is 36.6 Å². The van der Waals surface area contributed by atoms with E-state index < -0.39 is 0 Å². The Kier molecular flexibility index (Phi) is 5.79. The van der Waals surface area contributed by atoms with Gasteiger partial charge in [-0.25, -0.2) is 0 Å². The van der Waals surface area contributed by atoms with Gasteiger partial charge in [0, 0.05) is 23.7 Å². The van der Waals surface area contributed by atoms with Crippen LogP contribution in [0.1, 0.15) is 38.7 Å². The molecule has 0 unspecified atom stereocenters. The molecule has 1 aromatic rings. The highest BCUT2D eigenvalue weighted by atomic mass is 32.2. The van der Waals surface area contributed by atoms with Gasteiger partial charge in [0.15, 0.2) is 5.84 Å². The lowest BCUT2D eigenvalue weighted by atomic mass is 9.93. The Bertz CT molecular complexity index is 496. The maximum atomic E-state index is 9.12. The molecule has 0 spiro atoms. The van der Waals surface area contributed by atoms with Crippen molar-refractivity contribution < 1.29 is 5.21 Å². The third-order valence-electron chi connectivity index (χ3n) is 4.20. The van der Waals surface area contributed by atoms with Crippen LogP contribution in [0.5, 0.6) is 0 Å². The lowest BCUT2D eigenvalue weighted by Gasteiger charge is -2.34. The highest BCUT2D eigenvalue weighted by Gasteiger charge is 2.22. The molecule has 0 saturated carbocycles. The van der Waals surface area contributed by atoms with E-state index >= 15 is 0 Å². The number of piperidine rings is 1. The second-order valence-corrected chi connectivity index (χ2v) is 6.71. The molecule has 0 radical (unpaired) electrons.